The van der Waals surface area contributed by atoms with Crippen molar-refractivity contribution in [1.82, 2.24) is 31.6 Å². The summed E-state index contributed by atoms with van der Waals surface area (Å²) in [5.74, 6) is -2.34. The van der Waals surface area contributed by atoms with Gasteiger partial charge in [0.1, 0.15) is 24.2 Å². The van der Waals surface area contributed by atoms with Gasteiger partial charge in [0.05, 0.1) is 5.41 Å². The molecule has 2 aliphatic rings. The summed E-state index contributed by atoms with van der Waals surface area (Å²) in [6.45, 7) is 1.75. The number of para-hydroxylation sites is 1. The van der Waals surface area contributed by atoms with Gasteiger partial charge >= 0.3 is 0 Å². The molecule has 0 unspecified atom stereocenters. The van der Waals surface area contributed by atoms with Crippen LogP contribution in [0.1, 0.15) is 42.4 Å². The SMILES string of the molecule is NCCCC[C@@H](NC(=O)[C@H](Cc1ccccc1)NC(=O)[C@@H](Cc1c[nH]c2ccccc12)NC(=O)[C@@H](Cc1csc2ccccc12)NC(=O)[C@@]12CNC[C@@H]1C2)C(N)=O. The molecule has 10 N–H and O–H groups in total. The topological polar surface area (TPSA) is 213 Å². The molecule has 2 fully saturated rings. The van der Waals surface area contributed by atoms with Crippen LogP contribution in [0.4, 0.5) is 0 Å². The summed E-state index contributed by atoms with van der Waals surface area (Å²) < 4.78 is 1.07. The van der Waals surface area contributed by atoms with E-state index < -0.39 is 53.2 Å². The van der Waals surface area contributed by atoms with Crippen molar-refractivity contribution >= 4 is 61.9 Å². The summed E-state index contributed by atoms with van der Waals surface area (Å²) in [4.78, 5) is 72.6. The number of thiophene rings is 1. The zero-order valence-corrected chi connectivity index (χ0v) is 32.5. The van der Waals surface area contributed by atoms with Crippen LogP contribution >= 0.6 is 11.3 Å². The smallest absolute Gasteiger partial charge is 0.243 e. The van der Waals surface area contributed by atoms with E-state index in [0.717, 1.165) is 50.6 Å². The molecule has 13 nitrogen and oxygen atoms in total. The molecule has 0 bridgehead atoms. The van der Waals surface area contributed by atoms with E-state index in [4.69, 9.17) is 11.5 Å². The highest BCUT2D eigenvalue weighted by atomic mass is 32.1. The lowest BCUT2D eigenvalue weighted by atomic mass is 9.99. The van der Waals surface area contributed by atoms with Gasteiger partial charge in [0.25, 0.3) is 0 Å². The molecule has 57 heavy (non-hydrogen) atoms. The van der Waals surface area contributed by atoms with Gasteiger partial charge in [0.15, 0.2) is 0 Å². The van der Waals surface area contributed by atoms with E-state index >= 15 is 0 Å². The normalized spacial score (nSPS) is 19.2. The standard InChI is InChI=1S/C43H50N8O5S/c44-17-9-8-15-33(38(45)52)48-39(53)34(18-26-10-2-1-3-11-26)49-40(54)35(19-27-22-47-32-14-6-4-12-30(27)32)50-41(55)36(51-42(56)43-21-29(43)23-46-25-43)20-28-24-57-37-16-7-5-13-31(28)37/h1-7,10-14,16,22,24,29,33-36,46-47H,8-9,15,17-21,23,25,44H2,(H2,45,52)(H,48,53)(H,49,54)(H,50,55)(H,51,56)/t29-,33+,34-,35+,36+,43-/m0/s1. The van der Waals surface area contributed by atoms with Crippen molar-refractivity contribution in [3.05, 3.63) is 107 Å². The van der Waals surface area contributed by atoms with Gasteiger partial charge in [-0.2, -0.15) is 0 Å². The Morgan fingerprint density at radius 1 is 0.737 bits per heavy atom. The molecule has 6 atom stereocenters. The van der Waals surface area contributed by atoms with Crippen LogP contribution in [0.5, 0.6) is 0 Å². The second-order valence-electron chi connectivity index (χ2n) is 15.3. The first-order valence-electron chi connectivity index (χ1n) is 19.6. The van der Waals surface area contributed by atoms with Crippen molar-refractivity contribution in [2.75, 3.05) is 19.6 Å². The molecule has 1 saturated carbocycles. The number of rotatable bonds is 19. The average Bonchev–Trinajstić information content (AvgIpc) is 3.50. The van der Waals surface area contributed by atoms with Gasteiger partial charge in [-0.25, -0.2) is 0 Å². The molecule has 5 amide bonds. The monoisotopic (exact) mass is 790 g/mol. The number of benzene rings is 3. The van der Waals surface area contributed by atoms with Gasteiger partial charge in [-0.3, -0.25) is 24.0 Å². The number of nitrogens with two attached hydrogens (primary N) is 2. The number of aromatic nitrogens is 1. The Hall–Kier alpha value is -5.57. The first kappa shape index (κ1) is 39.7. The number of piperidine rings is 1. The van der Waals surface area contributed by atoms with E-state index in [1.807, 2.05) is 84.2 Å². The molecule has 3 heterocycles. The third kappa shape index (κ3) is 9.19. The van der Waals surface area contributed by atoms with Crippen LogP contribution in [0, 0.1) is 11.3 Å². The fourth-order valence-corrected chi connectivity index (χ4v) is 8.97. The number of unbranched alkanes of at least 4 members (excludes halogenated alkanes) is 1. The second kappa shape index (κ2) is 17.7. The summed E-state index contributed by atoms with van der Waals surface area (Å²) in [5, 5.41) is 18.9. The highest BCUT2D eigenvalue weighted by Gasteiger charge is 2.62. The molecular formula is C43H50N8O5S. The molecule has 0 radical (unpaired) electrons. The molecule has 1 saturated heterocycles. The van der Waals surface area contributed by atoms with Crippen molar-refractivity contribution in [2.45, 2.75) is 69.1 Å². The van der Waals surface area contributed by atoms with E-state index in [2.05, 4.69) is 31.6 Å². The second-order valence-corrected chi connectivity index (χ2v) is 16.2. The maximum atomic E-state index is 14.6. The summed E-state index contributed by atoms with van der Waals surface area (Å²) in [7, 11) is 0. The van der Waals surface area contributed by atoms with Crippen molar-refractivity contribution in [1.29, 1.82) is 0 Å². The predicted molar refractivity (Wildman–Crippen MR) is 221 cm³/mol. The quantitative estimate of drug-likeness (QED) is 0.0586. The van der Waals surface area contributed by atoms with E-state index in [9.17, 15) is 24.0 Å². The summed E-state index contributed by atoms with van der Waals surface area (Å²) in [6.07, 6.45) is 4.52. The minimum atomic E-state index is -1.15. The Bertz CT molecular complexity index is 2240. The first-order valence-corrected chi connectivity index (χ1v) is 20.5. The molecule has 3 aromatic carbocycles. The Labute approximate surface area is 335 Å². The number of hydrogen-bond donors (Lipinski definition) is 8. The van der Waals surface area contributed by atoms with Gasteiger partial charge in [-0.05, 0) is 84.3 Å². The number of carbonyl (C=O) groups is 5. The Morgan fingerprint density at radius 3 is 2.05 bits per heavy atom. The molecule has 1 aliphatic carbocycles. The van der Waals surface area contributed by atoms with Crippen molar-refractivity contribution < 1.29 is 24.0 Å². The van der Waals surface area contributed by atoms with Crippen molar-refractivity contribution in [3.63, 3.8) is 0 Å². The van der Waals surface area contributed by atoms with Gasteiger partial charge in [-0.1, -0.05) is 66.7 Å². The molecule has 298 valence electrons. The molecule has 1 aliphatic heterocycles. The van der Waals surface area contributed by atoms with E-state index in [-0.39, 0.29) is 31.1 Å². The molecular weight excluding hydrogens is 741 g/mol. The molecule has 14 heteroatoms. The van der Waals surface area contributed by atoms with Crippen LogP contribution in [-0.2, 0) is 43.2 Å². The van der Waals surface area contributed by atoms with E-state index in [0.29, 0.717) is 32.4 Å². The number of H-pyrrole nitrogens is 1. The summed E-state index contributed by atoms with van der Waals surface area (Å²) in [6, 6.07) is 20.6. The van der Waals surface area contributed by atoms with E-state index in [1.54, 1.807) is 17.5 Å². The Balaban J connectivity index is 1.17. The van der Waals surface area contributed by atoms with Crippen LogP contribution in [-0.4, -0.2) is 78.3 Å². The number of nitrogens with one attached hydrogen (secondary N) is 6. The maximum Gasteiger partial charge on any atom is 0.243 e. The Kier molecular flexibility index (Phi) is 12.3. The maximum absolute atomic E-state index is 14.6. The van der Waals surface area contributed by atoms with Crippen LogP contribution in [0.15, 0.2) is 90.4 Å². The highest BCUT2D eigenvalue weighted by molar-refractivity contribution is 7.17. The van der Waals surface area contributed by atoms with Crippen LogP contribution in [0.3, 0.4) is 0 Å². The molecule has 2 aromatic heterocycles. The fourth-order valence-electron chi connectivity index (χ4n) is 8.00. The number of fused-ring (bicyclic) bond motifs is 3. The third-order valence-electron chi connectivity index (χ3n) is 11.4. The van der Waals surface area contributed by atoms with Crippen LogP contribution in [0.25, 0.3) is 21.0 Å². The minimum absolute atomic E-state index is 0.0856. The van der Waals surface area contributed by atoms with Crippen molar-refractivity contribution in [3.8, 4) is 0 Å². The van der Waals surface area contributed by atoms with Gasteiger partial charge < -0.3 is 43.0 Å². The number of primary amides is 1. The predicted octanol–water partition coefficient (Wildman–Crippen LogP) is 2.57. The lowest BCUT2D eigenvalue weighted by molar-refractivity contribution is -0.135. The zero-order valence-electron chi connectivity index (χ0n) is 31.7. The van der Waals surface area contributed by atoms with Gasteiger partial charge in [0, 0.05) is 47.6 Å². The number of aromatic amines is 1. The Morgan fingerprint density at radius 2 is 1.37 bits per heavy atom. The van der Waals surface area contributed by atoms with Crippen molar-refractivity contribution in [2.24, 2.45) is 22.8 Å². The summed E-state index contributed by atoms with van der Waals surface area (Å²) >= 11 is 1.57. The lowest BCUT2D eigenvalue weighted by Gasteiger charge is -2.27. The largest absolute Gasteiger partial charge is 0.368 e. The molecule has 5 aromatic rings. The van der Waals surface area contributed by atoms with Crippen LogP contribution < -0.4 is 38.1 Å². The average molecular weight is 791 g/mol. The minimum Gasteiger partial charge on any atom is -0.368 e. The van der Waals surface area contributed by atoms with Gasteiger partial charge in [0.2, 0.25) is 29.5 Å². The molecule has 0 spiro atoms. The highest BCUT2D eigenvalue weighted by Crippen LogP contribution is 2.55. The number of amides is 5. The first-order chi connectivity index (χ1) is 27.6. The molecule has 7 rings (SSSR count). The number of carbonyl (C=O) groups excluding carboxylic acids is 5. The fraction of sp³-hybridized carbons (Fsp3) is 0.372. The van der Waals surface area contributed by atoms with Crippen LogP contribution in [0.2, 0.25) is 0 Å². The summed E-state index contributed by atoms with van der Waals surface area (Å²) in [5.41, 5.74) is 14.1. The third-order valence-corrected chi connectivity index (χ3v) is 12.4. The van der Waals surface area contributed by atoms with Gasteiger partial charge in [-0.15, -0.1) is 11.3 Å². The zero-order chi connectivity index (χ0) is 39.9. The number of hydrogen-bond acceptors (Lipinski definition) is 8. The lowest BCUT2D eigenvalue weighted by Crippen LogP contribution is -2.59. The van der Waals surface area contributed by atoms with E-state index in [1.165, 1.54) is 0 Å².